The zero-order valence-electron chi connectivity index (χ0n) is 19.0. The summed E-state index contributed by atoms with van der Waals surface area (Å²) in [7, 11) is 0. The predicted molar refractivity (Wildman–Crippen MR) is 132 cm³/mol. The van der Waals surface area contributed by atoms with Gasteiger partial charge < -0.3 is 19.1 Å². The van der Waals surface area contributed by atoms with Crippen LogP contribution in [-0.4, -0.2) is 68.4 Å². The van der Waals surface area contributed by atoms with Crippen molar-refractivity contribution in [2.45, 2.75) is 12.8 Å². The van der Waals surface area contributed by atoms with Gasteiger partial charge in [0.2, 0.25) is 0 Å². The summed E-state index contributed by atoms with van der Waals surface area (Å²) in [4.78, 5) is 22.3. The minimum absolute atomic E-state index is 0.269. The number of benzene rings is 2. The van der Waals surface area contributed by atoms with Gasteiger partial charge in [0.1, 0.15) is 23.7 Å². The smallest absolute Gasteiger partial charge is 0.347 e. The van der Waals surface area contributed by atoms with Gasteiger partial charge in [0.25, 0.3) is 0 Å². The van der Waals surface area contributed by atoms with Crippen LogP contribution in [0.4, 0.5) is 5.69 Å². The van der Waals surface area contributed by atoms with Crippen LogP contribution < -0.4 is 14.4 Å². The van der Waals surface area contributed by atoms with Gasteiger partial charge in [0, 0.05) is 44.2 Å². The van der Waals surface area contributed by atoms with Crippen LogP contribution in [0.3, 0.4) is 0 Å². The summed E-state index contributed by atoms with van der Waals surface area (Å²) in [6.07, 6.45) is 4.18. The molecule has 1 aromatic heterocycles. The second kappa shape index (κ2) is 10.6. The Kier molecular flexibility index (Phi) is 7.13. The monoisotopic (exact) mass is 481 g/mol. The summed E-state index contributed by atoms with van der Waals surface area (Å²) in [5.41, 5.74) is 1.87. The number of halogens is 1. The highest BCUT2D eigenvalue weighted by Crippen LogP contribution is 2.30. The molecule has 0 spiro atoms. The van der Waals surface area contributed by atoms with Crippen molar-refractivity contribution in [3.63, 3.8) is 0 Å². The summed E-state index contributed by atoms with van der Waals surface area (Å²) in [6, 6.07) is 12.8. The lowest BCUT2D eigenvalue weighted by atomic mass is 10.1. The fraction of sp³-hybridized carbons (Fsp3) is 0.385. The molecule has 0 amide bonds. The number of anilines is 1. The first kappa shape index (κ1) is 22.9. The number of nitrogens with zero attached hydrogens (tertiary/aromatic N) is 3. The lowest BCUT2D eigenvalue weighted by molar-refractivity contribution is 0.0322. The topological polar surface area (TPSA) is 64.1 Å². The van der Waals surface area contributed by atoms with Crippen LogP contribution in [0.25, 0.3) is 10.9 Å². The summed E-state index contributed by atoms with van der Waals surface area (Å²) >= 11 is 6.42. The van der Waals surface area contributed by atoms with Crippen molar-refractivity contribution >= 4 is 34.2 Å². The lowest BCUT2D eigenvalue weighted by Gasteiger charge is -2.26. The molecule has 3 heterocycles. The van der Waals surface area contributed by atoms with Gasteiger partial charge in [0.15, 0.2) is 0 Å². The number of rotatable bonds is 7. The molecule has 0 saturated carbocycles. The number of pyridine rings is 1. The van der Waals surface area contributed by atoms with E-state index in [0.717, 1.165) is 57.0 Å². The van der Waals surface area contributed by atoms with E-state index >= 15 is 0 Å². The summed E-state index contributed by atoms with van der Waals surface area (Å²) in [5, 5.41) is 1.18. The Labute approximate surface area is 204 Å². The van der Waals surface area contributed by atoms with Crippen LogP contribution in [0, 0.1) is 0 Å². The van der Waals surface area contributed by atoms with Crippen molar-refractivity contribution in [2.75, 3.05) is 57.4 Å². The van der Waals surface area contributed by atoms with Crippen molar-refractivity contribution in [1.29, 1.82) is 0 Å². The molecule has 2 saturated heterocycles. The maximum absolute atomic E-state index is 13.1. The Hall–Kier alpha value is -2.87. The zero-order chi connectivity index (χ0) is 23.3. The standard InChI is InChI=1S/C26H28ClN3O4/c27-23-7-6-19-16-20(30-8-1-2-9-30)18-28-25(19)24(23)26(31)34-22-5-3-4-21(17-22)33-15-12-29-10-13-32-14-11-29/h3-7,16-18H,1-2,8-15H2. The third-order valence-electron chi connectivity index (χ3n) is 6.26. The number of ether oxygens (including phenoxy) is 3. The Bertz CT molecular complexity index is 1160. The largest absolute Gasteiger partial charge is 0.492 e. The summed E-state index contributed by atoms with van der Waals surface area (Å²) in [6.45, 7) is 6.79. The molecule has 0 aliphatic carbocycles. The Morgan fingerprint density at radius 1 is 1.03 bits per heavy atom. The quantitative estimate of drug-likeness (QED) is 0.365. The van der Waals surface area contributed by atoms with Crippen molar-refractivity contribution in [3.8, 4) is 11.5 Å². The Balaban J connectivity index is 1.28. The highest BCUT2D eigenvalue weighted by atomic mass is 35.5. The molecule has 0 radical (unpaired) electrons. The van der Waals surface area contributed by atoms with Gasteiger partial charge in [-0.25, -0.2) is 4.79 Å². The van der Waals surface area contributed by atoms with Crippen LogP contribution in [-0.2, 0) is 4.74 Å². The number of esters is 1. The predicted octanol–water partition coefficient (Wildman–Crippen LogP) is 4.42. The molecule has 178 valence electrons. The fourth-order valence-electron chi connectivity index (χ4n) is 4.41. The maximum atomic E-state index is 13.1. The van der Waals surface area contributed by atoms with Gasteiger partial charge in [-0.3, -0.25) is 9.88 Å². The minimum atomic E-state index is -0.539. The van der Waals surface area contributed by atoms with E-state index in [2.05, 4.69) is 20.9 Å². The number of fused-ring (bicyclic) bond motifs is 1. The molecule has 34 heavy (non-hydrogen) atoms. The number of carbonyl (C=O) groups is 1. The first-order valence-electron chi connectivity index (χ1n) is 11.8. The van der Waals surface area contributed by atoms with E-state index in [1.54, 1.807) is 24.3 Å². The van der Waals surface area contributed by atoms with Gasteiger partial charge in [-0.15, -0.1) is 0 Å². The number of carbonyl (C=O) groups excluding carboxylic acids is 1. The summed E-state index contributed by atoms with van der Waals surface area (Å²) < 4.78 is 16.9. The first-order chi connectivity index (χ1) is 16.7. The molecule has 5 rings (SSSR count). The van der Waals surface area contributed by atoms with E-state index in [9.17, 15) is 4.79 Å². The molecule has 8 heteroatoms. The Morgan fingerprint density at radius 2 is 1.82 bits per heavy atom. The molecule has 2 aliphatic heterocycles. The second-order valence-electron chi connectivity index (χ2n) is 8.55. The van der Waals surface area contributed by atoms with Crippen LogP contribution in [0.1, 0.15) is 23.2 Å². The van der Waals surface area contributed by atoms with E-state index in [1.807, 2.05) is 18.3 Å². The van der Waals surface area contributed by atoms with E-state index in [-0.39, 0.29) is 5.56 Å². The van der Waals surface area contributed by atoms with Crippen molar-refractivity contribution in [2.24, 2.45) is 0 Å². The average Bonchev–Trinajstić information content (AvgIpc) is 3.40. The lowest BCUT2D eigenvalue weighted by Crippen LogP contribution is -2.38. The van der Waals surface area contributed by atoms with Crippen LogP contribution >= 0.6 is 11.6 Å². The normalized spacial score (nSPS) is 16.7. The van der Waals surface area contributed by atoms with Crippen LogP contribution in [0.15, 0.2) is 48.7 Å². The van der Waals surface area contributed by atoms with Gasteiger partial charge >= 0.3 is 5.97 Å². The van der Waals surface area contributed by atoms with E-state index < -0.39 is 5.97 Å². The highest BCUT2D eigenvalue weighted by molar-refractivity contribution is 6.35. The van der Waals surface area contributed by atoms with Gasteiger partial charge in [-0.05, 0) is 37.1 Å². The maximum Gasteiger partial charge on any atom is 0.347 e. The third kappa shape index (κ3) is 5.27. The molecule has 2 fully saturated rings. The Morgan fingerprint density at radius 3 is 2.65 bits per heavy atom. The minimum Gasteiger partial charge on any atom is -0.492 e. The zero-order valence-corrected chi connectivity index (χ0v) is 19.8. The highest BCUT2D eigenvalue weighted by Gasteiger charge is 2.20. The van der Waals surface area contributed by atoms with Gasteiger partial charge in [-0.1, -0.05) is 23.7 Å². The molecular weight excluding hydrogens is 454 g/mol. The molecule has 2 aliphatic rings. The molecule has 7 nitrogen and oxygen atoms in total. The van der Waals surface area contributed by atoms with Crippen molar-refractivity contribution in [3.05, 3.63) is 59.2 Å². The number of hydrogen-bond acceptors (Lipinski definition) is 7. The number of aromatic nitrogens is 1. The number of hydrogen-bond donors (Lipinski definition) is 0. The van der Waals surface area contributed by atoms with Crippen molar-refractivity contribution in [1.82, 2.24) is 9.88 Å². The SMILES string of the molecule is O=C(Oc1cccc(OCCN2CCOCC2)c1)c1c(Cl)ccc2cc(N3CCCC3)cnc12. The average molecular weight is 482 g/mol. The molecule has 0 atom stereocenters. The summed E-state index contributed by atoms with van der Waals surface area (Å²) in [5.74, 6) is 0.508. The van der Waals surface area contributed by atoms with Crippen LogP contribution in [0.5, 0.6) is 11.5 Å². The van der Waals surface area contributed by atoms with E-state index in [1.165, 1.54) is 12.8 Å². The molecule has 0 N–H and O–H groups in total. The van der Waals surface area contributed by atoms with Crippen LogP contribution in [0.2, 0.25) is 5.02 Å². The number of morpholine rings is 1. The molecule has 0 bridgehead atoms. The molecule has 2 aromatic carbocycles. The van der Waals surface area contributed by atoms with Gasteiger partial charge in [0.05, 0.1) is 35.6 Å². The molecular formula is C26H28ClN3O4. The fourth-order valence-corrected chi connectivity index (χ4v) is 4.64. The van der Waals surface area contributed by atoms with Crippen molar-refractivity contribution < 1.29 is 19.0 Å². The molecule has 3 aromatic rings. The van der Waals surface area contributed by atoms with Gasteiger partial charge in [-0.2, -0.15) is 0 Å². The van der Waals surface area contributed by atoms with E-state index in [0.29, 0.717) is 28.6 Å². The first-order valence-corrected chi connectivity index (χ1v) is 12.1. The second-order valence-corrected chi connectivity index (χ2v) is 8.96. The molecule has 0 unspecified atom stereocenters. The third-order valence-corrected chi connectivity index (χ3v) is 6.57. The van der Waals surface area contributed by atoms with E-state index in [4.69, 9.17) is 25.8 Å².